The first kappa shape index (κ1) is 22.5. The summed E-state index contributed by atoms with van der Waals surface area (Å²) in [5.41, 5.74) is 1.02. The first-order valence-electron chi connectivity index (χ1n) is 10.1. The lowest BCUT2D eigenvalue weighted by molar-refractivity contribution is -0.120. The van der Waals surface area contributed by atoms with Crippen LogP contribution in [0.3, 0.4) is 0 Å². The van der Waals surface area contributed by atoms with Crippen LogP contribution in [0.5, 0.6) is 0 Å². The maximum atomic E-state index is 14.0. The summed E-state index contributed by atoms with van der Waals surface area (Å²) >= 11 is 0. The zero-order valence-electron chi connectivity index (χ0n) is 17.4. The van der Waals surface area contributed by atoms with Gasteiger partial charge < -0.3 is 20.4 Å². The number of anilines is 1. The van der Waals surface area contributed by atoms with Crippen LogP contribution in [0, 0.1) is 17.5 Å². The summed E-state index contributed by atoms with van der Waals surface area (Å²) in [6, 6.07) is 9.30. The van der Waals surface area contributed by atoms with Crippen molar-refractivity contribution in [2.24, 2.45) is 4.99 Å². The molecule has 31 heavy (non-hydrogen) atoms. The quantitative estimate of drug-likeness (QED) is 0.417. The Morgan fingerprint density at radius 3 is 2.26 bits per heavy atom. The normalized spacial score (nSPS) is 14.5. The van der Waals surface area contributed by atoms with Gasteiger partial charge in [0.05, 0.1) is 12.1 Å². The molecule has 6 nitrogen and oxygen atoms in total. The van der Waals surface area contributed by atoms with Crippen LogP contribution in [0.2, 0.25) is 0 Å². The molecular weight excluding hydrogens is 407 g/mol. The van der Waals surface area contributed by atoms with Crippen molar-refractivity contribution >= 4 is 17.6 Å². The number of nitrogens with one attached hydrogen (secondary N) is 2. The molecule has 0 spiro atoms. The van der Waals surface area contributed by atoms with Crippen molar-refractivity contribution in [3.8, 4) is 0 Å². The summed E-state index contributed by atoms with van der Waals surface area (Å²) in [6.07, 6.45) is 0.188. The van der Waals surface area contributed by atoms with Gasteiger partial charge in [0.25, 0.3) is 0 Å². The Balaban J connectivity index is 1.40. The molecule has 0 atom stereocenters. The van der Waals surface area contributed by atoms with E-state index in [2.05, 4.69) is 15.6 Å². The number of hydrogen-bond acceptors (Lipinski definition) is 3. The fourth-order valence-corrected chi connectivity index (χ4v) is 3.45. The predicted molar refractivity (Wildman–Crippen MR) is 115 cm³/mol. The molecule has 3 rings (SSSR count). The Kier molecular flexibility index (Phi) is 7.75. The molecule has 1 aliphatic rings. The number of piperazine rings is 1. The van der Waals surface area contributed by atoms with E-state index in [9.17, 15) is 18.0 Å². The van der Waals surface area contributed by atoms with Crippen LogP contribution in [-0.4, -0.2) is 63.1 Å². The molecular formula is C22H26F3N5O. The minimum absolute atomic E-state index is 0.144. The number of nitrogens with zero attached hydrogens (tertiary/aromatic N) is 3. The van der Waals surface area contributed by atoms with Gasteiger partial charge >= 0.3 is 0 Å². The summed E-state index contributed by atoms with van der Waals surface area (Å²) in [6.45, 7) is 3.18. The maximum absolute atomic E-state index is 14.0. The molecule has 2 aromatic rings. The number of benzene rings is 2. The summed E-state index contributed by atoms with van der Waals surface area (Å²) in [7, 11) is 1.67. The third-order valence-corrected chi connectivity index (χ3v) is 5.05. The zero-order chi connectivity index (χ0) is 22.2. The first-order chi connectivity index (χ1) is 15.0. The van der Waals surface area contributed by atoms with Crippen LogP contribution in [0.25, 0.3) is 0 Å². The largest absolute Gasteiger partial charge is 0.366 e. The molecule has 0 radical (unpaired) electrons. The van der Waals surface area contributed by atoms with E-state index in [-0.39, 0.29) is 23.8 Å². The summed E-state index contributed by atoms with van der Waals surface area (Å²) < 4.78 is 40.4. The molecule has 2 aromatic carbocycles. The number of amides is 1. The van der Waals surface area contributed by atoms with Crippen LogP contribution >= 0.6 is 0 Å². The monoisotopic (exact) mass is 433 g/mol. The fraction of sp³-hybridized carbons (Fsp3) is 0.364. The highest BCUT2D eigenvalue weighted by Gasteiger charge is 2.22. The van der Waals surface area contributed by atoms with E-state index >= 15 is 0 Å². The van der Waals surface area contributed by atoms with E-state index in [0.29, 0.717) is 45.2 Å². The van der Waals surface area contributed by atoms with E-state index in [1.54, 1.807) is 19.2 Å². The number of carbonyl (C=O) groups is 1. The van der Waals surface area contributed by atoms with Crippen LogP contribution in [0.1, 0.15) is 5.56 Å². The lowest BCUT2D eigenvalue weighted by Crippen LogP contribution is -2.53. The lowest BCUT2D eigenvalue weighted by Gasteiger charge is -2.37. The summed E-state index contributed by atoms with van der Waals surface area (Å²) in [5.74, 6) is -0.686. The second-order valence-corrected chi connectivity index (χ2v) is 7.20. The molecule has 166 valence electrons. The van der Waals surface area contributed by atoms with Crippen LogP contribution in [0.15, 0.2) is 47.5 Å². The van der Waals surface area contributed by atoms with E-state index in [4.69, 9.17) is 0 Å². The third-order valence-electron chi connectivity index (χ3n) is 5.05. The van der Waals surface area contributed by atoms with Crippen molar-refractivity contribution in [3.63, 3.8) is 0 Å². The number of carbonyl (C=O) groups excluding carboxylic acids is 1. The van der Waals surface area contributed by atoms with Crippen LogP contribution in [-0.2, 0) is 11.2 Å². The highest BCUT2D eigenvalue weighted by atomic mass is 19.1. The topological polar surface area (TPSA) is 60.0 Å². The van der Waals surface area contributed by atoms with Gasteiger partial charge in [-0.15, -0.1) is 0 Å². The molecule has 0 saturated carbocycles. The summed E-state index contributed by atoms with van der Waals surface area (Å²) in [4.78, 5) is 20.1. The van der Waals surface area contributed by atoms with Crippen LogP contribution < -0.4 is 15.5 Å². The minimum atomic E-state index is -0.460. The Morgan fingerprint density at radius 1 is 0.935 bits per heavy atom. The number of hydrogen-bond donors (Lipinski definition) is 2. The van der Waals surface area contributed by atoms with E-state index in [1.807, 2.05) is 9.80 Å². The molecule has 9 heteroatoms. The van der Waals surface area contributed by atoms with Crippen molar-refractivity contribution in [1.82, 2.24) is 15.5 Å². The Labute approximate surface area is 179 Å². The van der Waals surface area contributed by atoms with Gasteiger partial charge in [-0.1, -0.05) is 12.1 Å². The van der Waals surface area contributed by atoms with Gasteiger partial charge in [-0.2, -0.15) is 0 Å². The standard InChI is InChI=1S/C22H26F3N5O/c1-26-22(28-9-8-27-21(31)14-16-2-4-17(23)5-3-16)30-12-10-29(11-13-30)20-15-18(24)6-7-19(20)25/h2-7,15H,8-14H2,1H3,(H,26,28)(H,27,31). The molecule has 1 saturated heterocycles. The molecule has 1 fully saturated rings. The highest BCUT2D eigenvalue weighted by molar-refractivity contribution is 5.80. The number of aliphatic imine (C=N–C) groups is 1. The zero-order valence-corrected chi connectivity index (χ0v) is 17.4. The van der Waals surface area contributed by atoms with E-state index < -0.39 is 11.6 Å². The van der Waals surface area contributed by atoms with Crippen molar-refractivity contribution in [2.45, 2.75) is 6.42 Å². The average Bonchev–Trinajstić information content (AvgIpc) is 2.77. The van der Waals surface area contributed by atoms with Crippen molar-refractivity contribution < 1.29 is 18.0 Å². The molecule has 0 unspecified atom stereocenters. The van der Waals surface area contributed by atoms with Gasteiger partial charge in [0, 0.05) is 52.4 Å². The first-order valence-corrected chi connectivity index (χ1v) is 10.1. The van der Waals surface area contributed by atoms with Gasteiger partial charge in [0.15, 0.2) is 5.96 Å². The molecule has 0 aliphatic carbocycles. The van der Waals surface area contributed by atoms with Crippen molar-refractivity contribution in [3.05, 3.63) is 65.5 Å². The maximum Gasteiger partial charge on any atom is 0.224 e. The molecule has 1 aliphatic heterocycles. The van der Waals surface area contributed by atoms with Crippen molar-refractivity contribution in [1.29, 1.82) is 0 Å². The lowest BCUT2D eigenvalue weighted by atomic mass is 10.1. The SMILES string of the molecule is CN=C(NCCNC(=O)Cc1ccc(F)cc1)N1CCN(c2cc(F)ccc2F)CC1. The minimum Gasteiger partial charge on any atom is -0.366 e. The second-order valence-electron chi connectivity index (χ2n) is 7.20. The third kappa shape index (κ3) is 6.37. The second kappa shape index (κ2) is 10.7. The molecule has 0 aromatic heterocycles. The number of guanidine groups is 1. The smallest absolute Gasteiger partial charge is 0.224 e. The Morgan fingerprint density at radius 2 is 1.58 bits per heavy atom. The van der Waals surface area contributed by atoms with E-state index in [0.717, 1.165) is 17.7 Å². The highest BCUT2D eigenvalue weighted by Crippen LogP contribution is 2.21. The van der Waals surface area contributed by atoms with Crippen LogP contribution in [0.4, 0.5) is 18.9 Å². The molecule has 0 bridgehead atoms. The average molecular weight is 433 g/mol. The Bertz CT molecular complexity index is 912. The van der Waals surface area contributed by atoms with Gasteiger partial charge in [0.2, 0.25) is 5.91 Å². The van der Waals surface area contributed by atoms with Gasteiger partial charge in [-0.3, -0.25) is 9.79 Å². The van der Waals surface area contributed by atoms with Gasteiger partial charge in [-0.25, -0.2) is 13.2 Å². The predicted octanol–water partition coefficient (Wildman–Crippen LogP) is 2.16. The molecule has 1 amide bonds. The fourth-order valence-electron chi connectivity index (χ4n) is 3.45. The van der Waals surface area contributed by atoms with E-state index in [1.165, 1.54) is 18.2 Å². The summed E-state index contributed by atoms with van der Waals surface area (Å²) in [5, 5.41) is 6.01. The van der Waals surface area contributed by atoms with Crippen molar-refractivity contribution in [2.75, 3.05) is 51.2 Å². The molecule has 2 N–H and O–H groups in total. The molecule has 1 heterocycles. The Hall–Kier alpha value is -3.23. The van der Waals surface area contributed by atoms with Gasteiger partial charge in [0.1, 0.15) is 17.5 Å². The number of rotatable bonds is 6. The number of halogens is 3. The van der Waals surface area contributed by atoms with Gasteiger partial charge in [-0.05, 0) is 29.8 Å².